The van der Waals surface area contributed by atoms with E-state index in [0.29, 0.717) is 17.5 Å². The number of rotatable bonds is 4. The standard InChI is InChI=1S/C43H27N3/c1-3-11-30(12-4-1)41-44-42(31-13-5-2-6-14-31)46-43(45-41)35-16-9-15-32(27-35)33-21-23-36-34(26-33)22-25-39-38(36)24-20-29-19-18-28-10-7-8-17-37(28)40(29)39/h1-27H. The van der Waals surface area contributed by atoms with Crippen LogP contribution in [0.25, 0.3) is 88.4 Å². The molecule has 9 aromatic rings. The highest BCUT2D eigenvalue weighted by Gasteiger charge is 2.14. The summed E-state index contributed by atoms with van der Waals surface area (Å²) < 4.78 is 0. The van der Waals surface area contributed by atoms with Gasteiger partial charge in [-0.25, -0.2) is 15.0 Å². The van der Waals surface area contributed by atoms with Gasteiger partial charge in [0.15, 0.2) is 17.5 Å². The number of hydrogen-bond donors (Lipinski definition) is 0. The Labute approximate surface area is 266 Å². The van der Waals surface area contributed by atoms with Gasteiger partial charge in [0.2, 0.25) is 0 Å². The molecule has 0 radical (unpaired) electrons. The smallest absolute Gasteiger partial charge is 0.164 e. The second kappa shape index (κ2) is 10.8. The van der Waals surface area contributed by atoms with Gasteiger partial charge in [0, 0.05) is 16.7 Å². The maximum atomic E-state index is 4.94. The van der Waals surface area contributed by atoms with Crippen LogP contribution in [-0.2, 0) is 0 Å². The topological polar surface area (TPSA) is 38.7 Å². The van der Waals surface area contributed by atoms with Gasteiger partial charge in [-0.3, -0.25) is 0 Å². The minimum Gasteiger partial charge on any atom is -0.208 e. The number of nitrogens with zero attached hydrogens (tertiary/aromatic N) is 3. The molecule has 0 spiro atoms. The molecule has 0 saturated carbocycles. The fourth-order valence-corrected chi connectivity index (χ4v) is 6.61. The number of hydrogen-bond acceptors (Lipinski definition) is 3. The fraction of sp³-hybridized carbons (Fsp3) is 0. The molecule has 9 rings (SSSR count). The van der Waals surface area contributed by atoms with E-state index >= 15 is 0 Å². The summed E-state index contributed by atoms with van der Waals surface area (Å²) in [5, 5.41) is 10.2. The van der Waals surface area contributed by atoms with Crippen LogP contribution in [0.5, 0.6) is 0 Å². The monoisotopic (exact) mass is 585 g/mol. The molecular formula is C43H27N3. The molecular weight excluding hydrogens is 558 g/mol. The summed E-state index contributed by atoms with van der Waals surface area (Å²) in [7, 11) is 0. The maximum Gasteiger partial charge on any atom is 0.164 e. The van der Waals surface area contributed by atoms with Crippen molar-refractivity contribution in [2.24, 2.45) is 0 Å². The van der Waals surface area contributed by atoms with Crippen LogP contribution in [0.4, 0.5) is 0 Å². The van der Waals surface area contributed by atoms with Crippen LogP contribution in [0.1, 0.15) is 0 Å². The molecule has 214 valence electrons. The minimum absolute atomic E-state index is 0.653. The lowest BCUT2D eigenvalue weighted by molar-refractivity contribution is 1.07. The first-order valence-corrected chi connectivity index (χ1v) is 15.5. The van der Waals surface area contributed by atoms with Gasteiger partial charge >= 0.3 is 0 Å². The van der Waals surface area contributed by atoms with Gasteiger partial charge in [-0.1, -0.05) is 152 Å². The molecule has 0 aliphatic heterocycles. The van der Waals surface area contributed by atoms with Crippen molar-refractivity contribution < 1.29 is 0 Å². The summed E-state index contributed by atoms with van der Waals surface area (Å²) in [4.78, 5) is 14.7. The maximum absolute atomic E-state index is 4.94. The van der Waals surface area contributed by atoms with E-state index in [1.807, 2.05) is 60.7 Å². The zero-order valence-corrected chi connectivity index (χ0v) is 24.9. The fourth-order valence-electron chi connectivity index (χ4n) is 6.61. The van der Waals surface area contributed by atoms with Gasteiger partial charge in [0.25, 0.3) is 0 Å². The molecule has 0 unspecified atom stereocenters. The predicted molar refractivity (Wildman–Crippen MR) is 192 cm³/mol. The molecule has 8 aromatic carbocycles. The van der Waals surface area contributed by atoms with E-state index < -0.39 is 0 Å². The van der Waals surface area contributed by atoms with E-state index in [1.165, 1.54) is 43.1 Å². The molecule has 3 heteroatoms. The van der Waals surface area contributed by atoms with Crippen LogP contribution >= 0.6 is 0 Å². The van der Waals surface area contributed by atoms with Crippen LogP contribution in [0, 0.1) is 0 Å². The minimum atomic E-state index is 0.653. The zero-order chi connectivity index (χ0) is 30.5. The Balaban J connectivity index is 1.16. The zero-order valence-electron chi connectivity index (χ0n) is 24.9. The van der Waals surface area contributed by atoms with Crippen molar-refractivity contribution in [1.29, 1.82) is 0 Å². The molecule has 3 nitrogen and oxygen atoms in total. The molecule has 0 aliphatic rings. The third-order valence-corrected chi connectivity index (χ3v) is 8.88. The first-order valence-electron chi connectivity index (χ1n) is 15.5. The van der Waals surface area contributed by atoms with Crippen molar-refractivity contribution >= 4 is 43.1 Å². The second-order valence-corrected chi connectivity index (χ2v) is 11.7. The SMILES string of the molecule is c1ccc(-c2nc(-c3ccccc3)nc(-c3cccc(-c4ccc5c(ccc6c5ccc5ccc7ccccc7c56)c4)c3)n2)cc1. The molecule has 0 bridgehead atoms. The van der Waals surface area contributed by atoms with Crippen molar-refractivity contribution in [2.45, 2.75) is 0 Å². The van der Waals surface area contributed by atoms with Crippen LogP contribution in [0.2, 0.25) is 0 Å². The predicted octanol–water partition coefficient (Wildman–Crippen LogP) is 11.2. The van der Waals surface area contributed by atoms with Gasteiger partial charge in [-0.15, -0.1) is 0 Å². The highest BCUT2D eigenvalue weighted by atomic mass is 15.0. The average molecular weight is 586 g/mol. The van der Waals surface area contributed by atoms with Crippen LogP contribution in [-0.4, -0.2) is 15.0 Å². The molecule has 0 aliphatic carbocycles. The molecule has 46 heavy (non-hydrogen) atoms. The first-order chi connectivity index (χ1) is 22.8. The highest BCUT2D eigenvalue weighted by molar-refractivity contribution is 6.24. The lowest BCUT2D eigenvalue weighted by Gasteiger charge is -2.12. The van der Waals surface area contributed by atoms with Gasteiger partial charge in [-0.2, -0.15) is 0 Å². The van der Waals surface area contributed by atoms with Crippen molar-refractivity contribution in [2.75, 3.05) is 0 Å². The van der Waals surface area contributed by atoms with Crippen LogP contribution in [0.3, 0.4) is 0 Å². The van der Waals surface area contributed by atoms with Crippen molar-refractivity contribution in [3.8, 4) is 45.3 Å². The largest absolute Gasteiger partial charge is 0.208 e. The molecule has 1 aromatic heterocycles. The lowest BCUT2D eigenvalue weighted by Crippen LogP contribution is -2.00. The molecule has 0 saturated heterocycles. The Morgan fingerprint density at radius 2 is 0.783 bits per heavy atom. The van der Waals surface area contributed by atoms with E-state index in [4.69, 9.17) is 15.0 Å². The van der Waals surface area contributed by atoms with Crippen molar-refractivity contribution in [3.05, 3.63) is 164 Å². The summed E-state index contributed by atoms with van der Waals surface area (Å²) in [6.45, 7) is 0. The van der Waals surface area contributed by atoms with Crippen molar-refractivity contribution in [3.63, 3.8) is 0 Å². The summed E-state index contributed by atoms with van der Waals surface area (Å²) in [5.74, 6) is 1.97. The second-order valence-electron chi connectivity index (χ2n) is 11.7. The third kappa shape index (κ3) is 4.49. The van der Waals surface area contributed by atoms with Gasteiger partial charge < -0.3 is 0 Å². The van der Waals surface area contributed by atoms with E-state index in [9.17, 15) is 0 Å². The Kier molecular flexibility index (Phi) is 6.14. The average Bonchev–Trinajstić information content (AvgIpc) is 3.14. The number of fused-ring (bicyclic) bond motifs is 7. The van der Waals surface area contributed by atoms with E-state index in [2.05, 4.69) is 103 Å². The lowest BCUT2D eigenvalue weighted by atomic mass is 9.92. The van der Waals surface area contributed by atoms with Gasteiger partial charge in [-0.05, 0) is 66.3 Å². The third-order valence-electron chi connectivity index (χ3n) is 8.88. The first kappa shape index (κ1) is 26.2. The van der Waals surface area contributed by atoms with Crippen molar-refractivity contribution in [1.82, 2.24) is 15.0 Å². The summed E-state index contributed by atoms with van der Waals surface area (Å²) in [6, 6.07) is 57.6. The van der Waals surface area contributed by atoms with Crippen LogP contribution < -0.4 is 0 Å². The molecule has 0 atom stereocenters. The van der Waals surface area contributed by atoms with Crippen LogP contribution in [0.15, 0.2) is 164 Å². The Morgan fingerprint density at radius 1 is 0.261 bits per heavy atom. The highest BCUT2D eigenvalue weighted by Crippen LogP contribution is 2.37. The number of aromatic nitrogens is 3. The summed E-state index contributed by atoms with van der Waals surface area (Å²) in [6.07, 6.45) is 0. The quantitative estimate of drug-likeness (QED) is 0.193. The normalized spacial score (nSPS) is 11.5. The van der Waals surface area contributed by atoms with E-state index in [0.717, 1.165) is 27.8 Å². The molecule has 0 N–H and O–H groups in total. The Morgan fingerprint density at radius 3 is 1.54 bits per heavy atom. The molecule has 1 heterocycles. The van der Waals surface area contributed by atoms with Gasteiger partial charge in [0.05, 0.1) is 0 Å². The van der Waals surface area contributed by atoms with Gasteiger partial charge in [0.1, 0.15) is 0 Å². The number of benzene rings is 8. The molecule has 0 fully saturated rings. The Bertz CT molecular complexity index is 2520. The van der Waals surface area contributed by atoms with E-state index in [-0.39, 0.29) is 0 Å². The van der Waals surface area contributed by atoms with E-state index in [1.54, 1.807) is 0 Å². The Hall–Kier alpha value is -6.19. The molecule has 0 amide bonds. The summed E-state index contributed by atoms with van der Waals surface area (Å²) in [5.41, 5.74) is 5.14. The summed E-state index contributed by atoms with van der Waals surface area (Å²) >= 11 is 0.